The lowest BCUT2D eigenvalue weighted by atomic mass is 10.0. The number of piperidine rings is 1. The Labute approximate surface area is 201 Å². The lowest BCUT2D eigenvalue weighted by Gasteiger charge is -2.29. The van der Waals surface area contributed by atoms with Crippen molar-refractivity contribution in [1.29, 1.82) is 0 Å². The van der Waals surface area contributed by atoms with E-state index >= 15 is 0 Å². The SMILES string of the molecule is CCc1cccc(N(C)C(=O)c2cn(-c3ccc4c(c3)C(=O)N(C3CCC(=O)NC3=O)C4)nn2)c1. The van der Waals surface area contributed by atoms with Gasteiger partial charge in [0.1, 0.15) is 6.04 Å². The molecule has 2 aliphatic heterocycles. The van der Waals surface area contributed by atoms with Gasteiger partial charge in [-0.25, -0.2) is 4.68 Å². The van der Waals surface area contributed by atoms with E-state index in [1.165, 1.54) is 20.7 Å². The number of carbonyl (C=O) groups excluding carboxylic acids is 4. The van der Waals surface area contributed by atoms with Crippen LogP contribution in [0.25, 0.3) is 5.69 Å². The zero-order chi connectivity index (χ0) is 24.7. The average molecular weight is 473 g/mol. The van der Waals surface area contributed by atoms with Gasteiger partial charge in [-0.3, -0.25) is 24.5 Å². The van der Waals surface area contributed by atoms with E-state index < -0.39 is 11.9 Å². The molecule has 2 aromatic carbocycles. The van der Waals surface area contributed by atoms with Crippen LogP contribution in [0.15, 0.2) is 48.7 Å². The molecule has 0 saturated carbocycles. The topological polar surface area (TPSA) is 118 Å². The summed E-state index contributed by atoms with van der Waals surface area (Å²) < 4.78 is 1.45. The Morgan fingerprint density at radius 1 is 1.17 bits per heavy atom. The van der Waals surface area contributed by atoms with Crippen LogP contribution in [0.2, 0.25) is 0 Å². The number of imide groups is 1. The summed E-state index contributed by atoms with van der Waals surface area (Å²) in [4.78, 5) is 52.8. The highest BCUT2D eigenvalue weighted by Crippen LogP contribution is 2.29. The Morgan fingerprint density at radius 3 is 2.77 bits per heavy atom. The van der Waals surface area contributed by atoms with Gasteiger partial charge in [0.2, 0.25) is 11.8 Å². The van der Waals surface area contributed by atoms with E-state index in [0.717, 1.165) is 23.2 Å². The van der Waals surface area contributed by atoms with Gasteiger partial charge in [-0.15, -0.1) is 5.10 Å². The van der Waals surface area contributed by atoms with Crippen molar-refractivity contribution in [2.75, 3.05) is 11.9 Å². The molecule has 5 rings (SSSR count). The summed E-state index contributed by atoms with van der Waals surface area (Å²) in [5.74, 6) is -1.34. The van der Waals surface area contributed by atoms with Crippen LogP contribution in [0.1, 0.15) is 51.7 Å². The van der Waals surface area contributed by atoms with Gasteiger partial charge < -0.3 is 9.80 Å². The molecule has 1 saturated heterocycles. The summed E-state index contributed by atoms with van der Waals surface area (Å²) in [5, 5.41) is 10.4. The van der Waals surface area contributed by atoms with Crippen LogP contribution in [-0.2, 0) is 22.6 Å². The Balaban J connectivity index is 1.35. The molecule has 1 fully saturated rings. The second kappa shape index (κ2) is 8.79. The fourth-order valence-electron chi connectivity index (χ4n) is 4.45. The monoisotopic (exact) mass is 472 g/mol. The maximum atomic E-state index is 13.1. The zero-order valence-corrected chi connectivity index (χ0v) is 19.4. The highest BCUT2D eigenvalue weighted by molar-refractivity contribution is 6.06. The van der Waals surface area contributed by atoms with E-state index in [1.807, 2.05) is 24.3 Å². The molecule has 2 aliphatic rings. The minimum Gasteiger partial charge on any atom is -0.322 e. The molecule has 1 aromatic heterocycles. The van der Waals surface area contributed by atoms with Gasteiger partial charge in [0, 0.05) is 31.3 Å². The van der Waals surface area contributed by atoms with E-state index in [2.05, 4.69) is 22.6 Å². The molecule has 4 amide bonds. The molecule has 0 bridgehead atoms. The highest BCUT2D eigenvalue weighted by Gasteiger charge is 2.39. The number of nitrogens with zero attached hydrogens (tertiary/aromatic N) is 5. The van der Waals surface area contributed by atoms with Gasteiger partial charge in [-0.2, -0.15) is 0 Å². The summed E-state index contributed by atoms with van der Waals surface area (Å²) in [6.07, 6.45) is 2.90. The number of carbonyl (C=O) groups is 4. The van der Waals surface area contributed by atoms with Crippen molar-refractivity contribution in [2.45, 2.75) is 38.8 Å². The van der Waals surface area contributed by atoms with Crippen LogP contribution >= 0.6 is 0 Å². The van der Waals surface area contributed by atoms with Crippen molar-refractivity contribution in [3.63, 3.8) is 0 Å². The molecule has 0 spiro atoms. The van der Waals surface area contributed by atoms with Crippen molar-refractivity contribution in [2.24, 2.45) is 0 Å². The predicted octanol–water partition coefficient (Wildman–Crippen LogP) is 1.87. The molecular formula is C25H24N6O4. The number of hydrogen-bond donors (Lipinski definition) is 1. The van der Waals surface area contributed by atoms with E-state index in [-0.39, 0.29) is 29.8 Å². The molecule has 1 N–H and O–H groups in total. The zero-order valence-electron chi connectivity index (χ0n) is 19.4. The Hall–Kier alpha value is -4.34. The number of aryl methyl sites for hydroxylation is 1. The van der Waals surface area contributed by atoms with Crippen LogP contribution in [0.4, 0.5) is 5.69 Å². The van der Waals surface area contributed by atoms with E-state index in [1.54, 1.807) is 25.2 Å². The number of rotatable bonds is 5. The molecule has 35 heavy (non-hydrogen) atoms. The Morgan fingerprint density at radius 2 is 2.00 bits per heavy atom. The molecule has 3 aromatic rings. The summed E-state index contributed by atoms with van der Waals surface area (Å²) in [6.45, 7) is 2.35. The molecule has 10 nitrogen and oxygen atoms in total. The number of anilines is 1. The number of benzene rings is 2. The van der Waals surface area contributed by atoms with Crippen molar-refractivity contribution in [3.8, 4) is 5.69 Å². The second-order valence-electron chi connectivity index (χ2n) is 8.68. The second-order valence-corrected chi connectivity index (χ2v) is 8.68. The van der Waals surface area contributed by atoms with Gasteiger partial charge >= 0.3 is 0 Å². The van der Waals surface area contributed by atoms with Crippen LogP contribution in [-0.4, -0.2) is 56.6 Å². The van der Waals surface area contributed by atoms with Gasteiger partial charge in [-0.1, -0.05) is 30.3 Å². The molecule has 178 valence electrons. The molecule has 10 heteroatoms. The largest absolute Gasteiger partial charge is 0.322 e. The molecule has 0 radical (unpaired) electrons. The van der Waals surface area contributed by atoms with Crippen molar-refractivity contribution < 1.29 is 19.2 Å². The van der Waals surface area contributed by atoms with Crippen molar-refractivity contribution in [3.05, 3.63) is 71.0 Å². The van der Waals surface area contributed by atoms with Crippen LogP contribution in [0.3, 0.4) is 0 Å². The average Bonchev–Trinajstić information content (AvgIpc) is 3.48. The molecular weight excluding hydrogens is 448 g/mol. The third kappa shape index (κ3) is 4.07. The number of fused-ring (bicyclic) bond motifs is 1. The fraction of sp³-hybridized carbons (Fsp3) is 0.280. The summed E-state index contributed by atoms with van der Waals surface area (Å²) in [7, 11) is 1.69. The lowest BCUT2D eigenvalue weighted by Crippen LogP contribution is -2.52. The van der Waals surface area contributed by atoms with E-state index in [9.17, 15) is 19.2 Å². The van der Waals surface area contributed by atoms with Gasteiger partial charge in [0.15, 0.2) is 5.69 Å². The molecule has 3 heterocycles. The summed E-state index contributed by atoms with van der Waals surface area (Å²) in [5.41, 5.74) is 3.89. The lowest BCUT2D eigenvalue weighted by molar-refractivity contribution is -0.136. The maximum absolute atomic E-state index is 13.1. The van der Waals surface area contributed by atoms with Crippen molar-refractivity contribution >= 4 is 29.3 Å². The Bertz CT molecular complexity index is 1360. The molecule has 0 aliphatic carbocycles. The minimum absolute atomic E-state index is 0.173. The van der Waals surface area contributed by atoms with Crippen LogP contribution in [0, 0.1) is 0 Å². The normalized spacial score (nSPS) is 17.4. The maximum Gasteiger partial charge on any atom is 0.280 e. The third-order valence-electron chi connectivity index (χ3n) is 6.50. The van der Waals surface area contributed by atoms with Crippen molar-refractivity contribution in [1.82, 2.24) is 25.2 Å². The number of amides is 4. The number of aromatic nitrogens is 3. The van der Waals surface area contributed by atoms with Gasteiger partial charge in [0.25, 0.3) is 11.8 Å². The highest BCUT2D eigenvalue weighted by atomic mass is 16.2. The summed E-state index contributed by atoms with van der Waals surface area (Å²) >= 11 is 0. The standard InChI is InChI=1S/C25H24N6O4/c1-3-15-5-4-6-17(11-15)29(2)25(35)20-14-31(28-27-20)18-8-7-16-13-30(24(34)19(16)12-18)21-9-10-22(32)26-23(21)33/h4-8,11-12,14,21H,3,9-10,13H2,1-2H3,(H,26,32,33). The van der Waals surface area contributed by atoms with Gasteiger partial charge in [0.05, 0.1) is 11.9 Å². The van der Waals surface area contributed by atoms with Gasteiger partial charge in [-0.05, 0) is 48.2 Å². The summed E-state index contributed by atoms with van der Waals surface area (Å²) in [6, 6.07) is 12.3. The molecule has 1 unspecified atom stereocenters. The van der Waals surface area contributed by atoms with E-state index in [4.69, 9.17) is 0 Å². The smallest absolute Gasteiger partial charge is 0.280 e. The minimum atomic E-state index is -0.673. The Kier molecular flexibility index (Phi) is 5.64. The fourth-order valence-corrected chi connectivity index (χ4v) is 4.45. The van der Waals surface area contributed by atoms with Crippen LogP contribution in [0.5, 0.6) is 0 Å². The van der Waals surface area contributed by atoms with Crippen LogP contribution < -0.4 is 10.2 Å². The van der Waals surface area contributed by atoms with E-state index in [0.29, 0.717) is 24.2 Å². The molecule has 1 atom stereocenters. The first-order valence-electron chi connectivity index (χ1n) is 11.4. The predicted molar refractivity (Wildman–Crippen MR) is 126 cm³/mol. The first-order chi connectivity index (χ1) is 16.9. The number of nitrogens with one attached hydrogen (secondary N) is 1. The quantitative estimate of drug-likeness (QED) is 0.567. The first-order valence-corrected chi connectivity index (χ1v) is 11.4. The third-order valence-corrected chi connectivity index (χ3v) is 6.50. The number of hydrogen-bond acceptors (Lipinski definition) is 6. The first kappa shape index (κ1) is 22.5.